The molecule has 0 saturated heterocycles. The number of carbonyl (C=O) groups is 1. The number of carbonyl (C=O) groups excluding carboxylic acids is 1. The summed E-state index contributed by atoms with van der Waals surface area (Å²) in [5.74, 6) is -0.0000146. The number of hydrazone groups is 1. The molecule has 0 heterocycles. The molecule has 1 N–H and O–H groups in total. The molecule has 120 valence electrons. The van der Waals surface area contributed by atoms with Gasteiger partial charge in [-0.1, -0.05) is 51.3 Å². The van der Waals surface area contributed by atoms with Crippen LogP contribution in [0.3, 0.4) is 0 Å². The van der Waals surface area contributed by atoms with E-state index in [9.17, 15) is 4.79 Å². The Labute approximate surface area is 152 Å². The van der Waals surface area contributed by atoms with Crippen LogP contribution in [0.1, 0.15) is 12.5 Å². The Morgan fingerprint density at radius 1 is 1.26 bits per heavy atom. The molecule has 1 unspecified atom stereocenters. The zero-order valence-electron chi connectivity index (χ0n) is 12.1. The van der Waals surface area contributed by atoms with E-state index in [0.29, 0.717) is 15.8 Å². The highest BCUT2D eigenvalue weighted by Gasteiger charge is 2.15. The molecule has 0 aliphatic heterocycles. The Balaban J connectivity index is 1.90. The number of halogens is 3. The van der Waals surface area contributed by atoms with E-state index in [0.717, 1.165) is 10.0 Å². The summed E-state index contributed by atoms with van der Waals surface area (Å²) in [4.78, 5) is 11.9. The van der Waals surface area contributed by atoms with E-state index in [-0.39, 0.29) is 5.91 Å². The van der Waals surface area contributed by atoms with Gasteiger partial charge in [-0.05, 0) is 42.8 Å². The SMILES string of the molecule is CC(Oc1ccc(Cl)cc1Cl)C(=O)NN=Cc1ccc(Br)cc1. The molecule has 23 heavy (non-hydrogen) atoms. The van der Waals surface area contributed by atoms with E-state index in [1.54, 1.807) is 31.3 Å². The zero-order chi connectivity index (χ0) is 16.8. The van der Waals surface area contributed by atoms with Gasteiger partial charge in [0, 0.05) is 9.50 Å². The molecule has 0 fully saturated rings. The van der Waals surface area contributed by atoms with Gasteiger partial charge in [-0.2, -0.15) is 5.10 Å². The van der Waals surface area contributed by atoms with Gasteiger partial charge in [-0.15, -0.1) is 0 Å². The Kier molecular flexibility index (Phi) is 6.45. The van der Waals surface area contributed by atoms with Crippen molar-refractivity contribution in [1.82, 2.24) is 5.43 Å². The summed E-state index contributed by atoms with van der Waals surface area (Å²) >= 11 is 15.2. The molecule has 0 spiro atoms. The standard InChI is InChI=1S/C16H13BrCl2N2O2/c1-10(23-15-7-6-13(18)8-14(15)19)16(22)21-20-9-11-2-4-12(17)5-3-11/h2-10H,1H3,(H,21,22). The molecule has 0 bridgehead atoms. The summed E-state index contributed by atoms with van der Waals surface area (Å²) in [7, 11) is 0. The molecule has 1 atom stereocenters. The van der Waals surface area contributed by atoms with Crippen LogP contribution in [0.4, 0.5) is 0 Å². The molecule has 4 nitrogen and oxygen atoms in total. The highest BCUT2D eigenvalue weighted by Crippen LogP contribution is 2.28. The largest absolute Gasteiger partial charge is 0.479 e. The lowest BCUT2D eigenvalue weighted by Crippen LogP contribution is -2.33. The minimum absolute atomic E-state index is 0.343. The minimum Gasteiger partial charge on any atom is -0.479 e. The number of rotatable bonds is 5. The van der Waals surface area contributed by atoms with Crippen molar-refractivity contribution in [2.24, 2.45) is 5.10 Å². The summed E-state index contributed by atoms with van der Waals surface area (Å²) in [6.07, 6.45) is 0.794. The van der Waals surface area contributed by atoms with Gasteiger partial charge in [0.15, 0.2) is 6.10 Å². The second-order valence-corrected chi connectivity index (χ2v) is 6.38. The van der Waals surface area contributed by atoms with Crippen molar-refractivity contribution in [3.63, 3.8) is 0 Å². The van der Waals surface area contributed by atoms with Gasteiger partial charge in [-0.25, -0.2) is 5.43 Å². The first-order chi connectivity index (χ1) is 11.0. The number of benzene rings is 2. The molecule has 0 aliphatic rings. The molecule has 2 rings (SSSR count). The summed E-state index contributed by atoms with van der Waals surface area (Å²) < 4.78 is 6.47. The molecular weight excluding hydrogens is 403 g/mol. The number of ether oxygens (including phenoxy) is 1. The Morgan fingerprint density at radius 2 is 1.96 bits per heavy atom. The number of hydrogen-bond donors (Lipinski definition) is 1. The van der Waals surface area contributed by atoms with Crippen LogP contribution >= 0.6 is 39.1 Å². The topological polar surface area (TPSA) is 50.7 Å². The highest BCUT2D eigenvalue weighted by atomic mass is 79.9. The third kappa shape index (κ3) is 5.53. The van der Waals surface area contributed by atoms with Crippen molar-refractivity contribution in [2.45, 2.75) is 13.0 Å². The molecule has 7 heteroatoms. The fourth-order valence-electron chi connectivity index (χ4n) is 1.62. The minimum atomic E-state index is -0.754. The van der Waals surface area contributed by atoms with Crippen molar-refractivity contribution in [3.05, 3.63) is 62.5 Å². The molecule has 0 saturated carbocycles. The zero-order valence-corrected chi connectivity index (χ0v) is 15.2. The number of amides is 1. The van der Waals surface area contributed by atoms with E-state index < -0.39 is 6.10 Å². The highest BCUT2D eigenvalue weighted by molar-refractivity contribution is 9.10. The monoisotopic (exact) mass is 414 g/mol. The second kappa shape index (κ2) is 8.34. The maximum absolute atomic E-state index is 11.9. The predicted octanol–water partition coefficient (Wildman–Crippen LogP) is 4.67. The van der Waals surface area contributed by atoms with Gasteiger partial charge in [0.2, 0.25) is 0 Å². The summed E-state index contributed by atoms with van der Waals surface area (Å²) in [6.45, 7) is 1.61. The van der Waals surface area contributed by atoms with Gasteiger partial charge in [0.25, 0.3) is 5.91 Å². The lowest BCUT2D eigenvalue weighted by Gasteiger charge is -2.14. The van der Waals surface area contributed by atoms with E-state index in [1.807, 2.05) is 24.3 Å². The van der Waals surface area contributed by atoms with Crippen LogP contribution in [0.5, 0.6) is 5.75 Å². The van der Waals surface area contributed by atoms with Crippen LogP contribution in [0.25, 0.3) is 0 Å². The van der Waals surface area contributed by atoms with E-state index >= 15 is 0 Å². The number of hydrogen-bond acceptors (Lipinski definition) is 3. The van der Waals surface area contributed by atoms with Crippen LogP contribution in [-0.2, 0) is 4.79 Å². The Morgan fingerprint density at radius 3 is 2.61 bits per heavy atom. The number of nitrogens with zero attached hydrogens (tertiary/aromatic N) is 1. The van der Waals surface area contributed by atoms with Crippen LogP contribution in [-0.4, -0.2) is 18.2 Å². The maximum atomic E-state index is 11.9. The quantitative estimate of drug-likeness (QED) is 0.569. The fraction of sp³-hybridized carbons (Fsp3) is 0.125. The van der Waals surface area contributed by atoms with Crippen LogP contribution in [0, 0.1) is 0 Å². The molecular formula is C16H13BrCl2N2O2. The van der Waals surface area contributed by atoms with Gasteiger partial charge in [-0.3, -0.25) is 4.79 Å². The van der Waals surface area contributed by atoms with Gasteiger partial charge in [0.05, 0.1) is 11.2 Å². The van der Waals surface area contributed by atoms with E-state index in [2.05, 4.69) is 26.5 Å². The molecule has 2 aromatic carbocycles. The van der Waals surface area contributed by atoms with Gasteiger partial charge >= 0.3 is 0 Å². The third-order valence-electron chi connectivity index (χ3n) is 2.83. The summed E-state index contributed by atoms with van der Waals surface area (Å²) in [5, 5.41) is 4.74. The predicted molar refractivity (Wildman–Crippen MR) is 96.4 cm³/mol. The van der Waals surface area contributed by atoms with Crippen molar-refractivity contribution >= 4 is 51.3 Å². The first kappa shape index (κ1) is 17.8. The smallest absolute Gasteiger partial charge is 0.280 e. The summed E-state index contributed by atoms with van der Waals surface area (Å²) in [6, 6.07) is 12.3. The molecule has 0 aliphatic carbocycles. The lowest BCUT2D eigenvalue weighted by molar-refractivity contribution is -0.127. The van der Waals surface area contributed by atoms with Gasteiger partial charge in [0.1, 0.15) is 5.75 Å². The lowest BCUT2D eigenvalue weighted by atomic mass is 10.2. The van der Waals surface area contributed by atoms with E-state index in [4.69, 9.17) is 27.9 Å². The molecule has 2 aromatic rings. The first-order valence-electron chi connectivity index (χ1n) is 6.66. The van der Waals surface area contributed by atoms with Crippen LogP contribution in [0.2, 0.25) is 10.0 Å². The average molecular weight is 416 g/mol. The van der Waals surface area contributed by atoms with Crippen LogP contribution < -0.4 is 10.2 Å². The maximum Gasteiger partial charge on any atom is 0.280 e. The Bertz CT molecular complexity index is 721. The Hall–Kier alpha value is -1.56. The van der Waals surface area contributed by atoms with Gasteiger partial charge < -0.3 is 4.74 Å². The van der Waals surface area contributed by atoms with Crippen molar-refractivity contribution in [3.8, 4) is 5.75 Å². The molecule has 1 amide bonds. The number of nitrogens with one attached hydrogen (secondary N) is 1. The summed E-state index contributed by atoms with van der Waals surface area (Å²) in [5.41, 5.74) is 3.28. The molecule has 0 radical (unpaired) electrons. The first-order valence-corrected chi connectivity index (χ1v) is 8.21. The normalized spacial score (nSPS) is 12.2. The fourth-order valence-corrected chi connectivity index (χ4v) is 2.34. The van der Waals surface area contributed by atoms with E-state index in [1.165, 1.54) is 0 Å². The molecule has 0 aromatic heterocycles. The van der Waals surface area contributed by atoms with Crippen molar-refractivity contribution < 1.29 is 9.53 Å². The second-order valence-electron chi connectivity index (χ2n) is 4.62. The third-order valence-corrected chi connectivity index (χ3v) is 3.88. The average Bonchev–Trinajstić information content (AvgIpc) is 2.51. The van der Waals surface area contributed by atoms with Crippen molar-refractivity contribution in [1.29, 1.82) is 0 Å². The van der Waals surface area contributed by atoms with Crippen LogP contribution in [0.15, 0.2) is 52.0 Å². The van der Waals surface area contributed by atoms with Crippen molar-refractivity contribution in [2.75, 3.05) is 0 Å².